The zero-order chi connectivity index (χ0) is 11.3. The van der Waals surface area contributed by atoms with Crippen LogP contribution < -0.4 is 0 Å². The van der Waals surface area contributed by atoms with Crippen molar-refractivity contribution in [1.29, 1.82) is 0 Å². The predicted molar refractivity (Wildman–Crippen MR) is 56.6 cm³/mol. The lowest BCUT2D eigenvalue weighted by atomic mass is 10.1. The summed E-state index contributed by atoms with van der Waals surface area (Å²) in [5.41, 5.74) is 1.12. The molecule has 1 aromatic carbocycles. The molecule has 2 nitrogen and oxygen atoms in total. The van der Waals surface area contributed by atoms with E-state index in [1.54, 1.807) is 13.0 Å². The number of rotatable bonds is 5. The third-order valence-electron chi connectivity index (χ3n) is 1.95. The van der Waals surface area contributed by atoms with E-state index in [1.165, 1.54) is 12.1 Å². The van der Waals surface area contributed by atoms with Crippen LogP contribution in [-0.2, 0) is 4.74 Å². The molecule has 0 bridgehead atoms. The second-order valence-electron chi connectivity index (χ2n) is 3.49. The van der Waals surface area contributed by atoms with E-state index in [0.29, 0.717) is 12.2 Å². The highest BCUT2D eigenvalue weighted by Crippen LogP contribution is 2.09. The van der Waals surface area contributed by atoms with Gasteiger partial charge in [0.05, 0.1) is 0 Å². The van der Waals surface area contributed by atoms with Crippen LogP contribution in [-0.4, -0.2) is 19.0 Å². The van der Waals surface area contributed by atoms with Gasteiger partial charge in [-0.1, -0.05) is 6.92 Å². The summed E-state index contributed by atoms with van der Waals surface area (Å²) in [5.74, 6) is -0.556. The van der Waals surface area contributed by atoms with Gasteiger partial charge in [0.1, 0.15) is 12.4 Å². The van der Waals surface area contributed by atoms with Gasteiger partial charge in [0.25, 0.3) is 0 Å². The van der Waals surface area contributed by atoms with E-state index < -0.39 is 0 Å². The quantitative estimate of drug-likeness (QED) is 0.551. The molecule has 0 fully saturated rings. The highest BCUT2D eigenvalue weighted by molar-refractivity contribution is 5.97. The molecule has 0 amide bonds. The van der Waals surface area contributed by atoms with Crippen molar-refractivity contribution < 1.29 is 13.9 Å². The first-order valence-electron chi connectivity index (χ1n) is 5.01. The highest BCUT2D eigenvalue weighted by atomic mass is 19.1. The Morgan fingerprint density at radius 2 is 2.13 bits per heavy atom. The molecule has 15 heavy (non-hydrogen) atoms. The van der Waals surface area contributed by atoms with Crippen molar-refractivity contribution in [2.75, 3.05) is 13.2 Å². The zero-order valence-electron chi connectivity index (χ0n) is 9.05. The number of aryl methyl sites for hydroxylation is 1. The molecule has 0 heterocycles. The molecule has 0 aliphatic heterocycles. The number of halogens is 1. The van der Waals surface area contributed by atoms with Gasteiger partial charge in [-0.2, -0.15) is 0 Å². The summed E-state index contributed by atoms with van der Waals surface area (Å²) >= 11 is 0. The number of hydrogen-bond donors (Lipinski definition) is 0. The van der Waals surface area contributed by atoms with Crippen molar-refractivity contribution in [3.63, 3.8) is 0 Å². The number of ether oxygens (including phenoxy) is 1. The number of benzene rings is 1. The molecule has 0 unspecified atom stereocenters. The van der Waals surface area contributed by atoms with Crippen molar-refractivity contribution >= 4 is 5.78 Å². The maximum atomic E-state index is 13.0. The van der Waals surface area contributed by atoms with Gasteiger partial charge < -0.3 is 4.74 Å². The molecule has 0 aliphatic carbocycles. The molecule has 1 rings (SSSR count). The molecule has 0 saturated heterocycles. The van der Waals surface area contributed by atoms with Crippen LogP contribution in [0.2, 0.25) is 0 Å². The van der Waals surface area contributed by atoms with Gasteiger partial charge >= 0.3 is 0 Å². The fourth-order valence-corrected chi connectivity index (χ4v) is 1.29. The number of carbonyl (C=O) groups excluding carboxylic acids is 1. The summed E-state index contributed by atoms with van der Waals surface area (Å²) in [6, 6.07) is 4.30. The molecule has 0 aromatic heterocycles. The Morgan fingerprint density at radius 1 is 1.40 bits per heavy atom. The molecule has 82 valence electrons. The van der Waals surface area contributed by atoms with Crippen molar-refractivity contribution in [3.05, 3.63) is 35.1 Å². The molecule has 0 atom stereocenters. The van der Waals surface area contributed by atoms with E-state index in [2.05, 4.69) is 0 Å². The van der Waals surface area contributed by atoms with Crippen molar-refractivity contribution in [2.45, 2.75) is 20.3 Å². The van der Waals surface area contributed by atoms with Crippen LogP contribution >= 0.6 is 0 Å². The number of hydrogen-bond acceptors (Lipinski definition) is 2. The Bertz CT molecular complexity index is 327. The van der Waals surface area contributed by atoms with E-state index in [0.717, 1.165) is 12.0 Å². The molecular formula is C12H15FO2. The second-order valence-corrected chi connectivity index (χ2v) is 3.49. The topological polar surface area (TPSA) is 26.3 Å². The third kappa shape index (κ3) is 3.80. The number of Topliss-reactive ketones (excluding diaryl/α,β-unsaturated/α-hetero) is 1. The van der Waals surface area contributed by atoms with Crippen LogP contribution in [0.15, 0.2) is 18.2 Å². The molecule has 1 aromatic rings. The summed E-state index contributed by atoms with van der Waals surface area (Å²) in [6.07, 6.45) is 0.870. The van der Waals surface area contributed by atoms with E-state index in [4.69, 9.17) is 4.74 Å². The summed E-state index contributed by atoms with van der Waals surface area (Å²) in [6.45, 7) is 4.31. The smallest absolute Gasteiger partial charge is 0.188 e. The van der Waals surface area contributed by atoms with Crippen molar-refractivity contribution in [3.8, 4) is 0 Å². The first kappa shape index (κ1) is 11.9. The minimum absolute atomic E-state index is 0.0245. The fraction of sp³-hybridized carbons (Fsp3) is 0.417. The molecular weight excluding hydrogens is 195 g/mol. The van der Waals surface area contributed by atoms with Crippen LogP contribution in [0, 0.1) is 12.7 Å². The van der Waals surface area contributed by atoms with Crippen LogP contribution in [0.25, 0.3) is 0 Å². The summed E-state index contributed by atoms with van der Waals surface area (Å²) < 4.78 is 18.1. The van der Waals surface area contributed by atoms with E-state index in [-0.39, 0.29) is 18.2 Å². The Labute approximate surface area is 89.1 Å². The maximum Gasteiger partial charge on any atom is 0.188 e. The first-order valence-corrected chi connectivity index (χ1v) is 5.01. The normalized spacial score (nSPS) is 10.3. The molecule has 0 saturated carbocycles. The van der Waals surface area contributed by atoms with Crippen molar-refractivity contribution in [2.24, 2.45) is 0 Å². The Balaban J connectivity index is 2.65. The van der Waals surface area contributed by atoms with Gasteiger partial charge in [-0.15, -0.1) is 0 Å². The standard InChI is InChI=1S/C12H15FO2/c1-3-4-15-8-12(14)10-5-9(2)6-11(13)7-10/h5-7H,3-4,8H2,1-2H3. The Hall–Kier alpha value is -1.22. The summed E-state index contributed by atoms with van der Waals surface area (Å²) in [7, 11) is 0. The van der Waals surface area contributed by atoms with Crippen LogP contribution in [0.3, 0.4) is 0 Å². The number of carbonyl (C=O) groups is 1. The SMILES string of the molecule is CCCOCC(=O)c1cc(C)cc(F)c1. The Kier molecular flexibility index (Phi) is 4.43. The van der Waals surface area contributed by atoms with E-state index in [1.807, 2.05) is 6.92 Å². The zero-order valence-corrected chi connectivity index (χ0v) is 9.05. The van der Waals surface area contributed by atoms with Gasteiger partial charge in [0.2, 0.25) is 0 Å². The van der Waals surface area contributed by atoms with Gasteiger partial charge in [-0.05, 0) is 37.1 Å². The van der Waals surface area contributed by atoms with Crippen molar-refractivity contribution in [1.82, 2.24) is 0 Å². The van der Waals surface area contributed by atoms with Crippen LogP contribution in [0.4, 0.5) is 4.39 Å². The fourth-order valence-electron chi connectivity index (χ4n) is 1.29. The third-order valence-corrected chi connectivity index (χ3v) is 1.95. The molecule has 3 heteroatoms. The summed E-state index contributed by atoms with van der Waals surface area (Å²) in [4.78, 5) is 11.5. The monoisotopic (exact) mass is 210 g/mol. The molecule has 0 aliphatic rings. The first-order chi connectivity index (χ1) is 7.13. The lowest BCUT2D eigenvalue weighted by Gasteiger charge is -2.03. The largest absolute Gasteiger partial charge is 0.373 e. The molecule has 0 spiro atoms. The summed E-state index contributed by atoms with van der Waals surface area (Å²) in [5, 5.41) is 0. The molecule has 0 N–H and O–H groups in total. The Morgan fingerprint density at radius 3 is 2.73 bits per heavy atom. The van der Waals surface area contributed by atoms with Gasteiger partial charge in [0.15, 0.2) is 5.78 Å². The second kappa shape index (κ2) is 5.61. The molecule has 0 radical (unpaired) electrons. The van der Waals surface area contributed by atoms with Crippen LogP contribution in [0.5, 0.6) is 0 Å². The van der Waals surface area contributed by atoms with Gasteiger partial charge in [0, 0.05) is 12.2 Å². The van der Waals surface area contributed by atoms with E-state index in [9.17, 15) is 9.18 Å². The number of ketones is 1. The highest BCUT2D eigenvalue weighted by Gasteiger charge is 2.07. The van der Waals surface area contributed by atoms with Crippen LogP contribution in [0.1, 0.15) is 29.3 Å². The predicted octanol–water partition coefficient (Wildman–Crippen LogP) is 2.74. The van der Waals surface area contributed by atoms with Gasteiger partial charge in [-0.25, -0.2) is 4.39 Å². The minimum atomic E-state index is -0.381. The average Bonchev–Trinajstić information content (AvgIpc) is 2.16. The lowest BCUT2D eigenvalue weighted by Crippen LogP contribution is -2.10. The van der Waals surface area contributed by atoms with E-state index >= 15 is 0 Å². The average molecular weight is 210 g/mol. The minimum Gasteiger partial charge on any atom is -0.373 e. The van der Waals surface area contributed by atoms with Gasteiger partial charge in [-0.3, -0.25) is 4.79 Å². The lowest BCUT2D eigenvalue weighted by molar-refractivity contribution is 0.0761. The maximum absolute atomic E-state index is 13.0.